The van der Waals surface area contributed by atoms with E-state index in [9.17, 15) is 4.79 Å². The average Bonchev–Trinajstić information content (AvgIpc) is 2.67. The number of benzene rings is 2. The summed E-state index contributed by atoms with van der Waals surface area (Å²) < 4.78 is 0. The Morgan fingerprint density at radius 2 is 1.46 bits per heavy atom. The number of hydrogen-bond donors (Lipinski definition) is 0. The Kier molecular flexibility index (Phi) is 5.33. The van der Waals surface area contributed by atoms with Gasteiger partial charge in [-0.15, -0.1) is 10.2 Å². The zero-order valence-electron chi connectivity index (χ0n) is 13.3. The molecule has 4 nitrogen and oxygen atoms in total. The molecule has 0 atom stereocenters. The van der Waals surface area contributed by atoms with Crippen molar-refractivity contribution in [2.75, 3.05) is 5.75 Å². The molecule has 5 heteroatoms. The lowest BCUT2D eigenvalue weighted by Crippen LogP contribution is -2.03. The van der Waals surface area contributed by atoms with E-state index in [0.717, 1.165) is 22.5 Å². The lowest BCUT2D eigenvalue weighted by atomic mass is 10.0. The molecule has 3 aromatic rings. The summed E-state index contributed by atoms with van der Waals surface area (Å²) in [5.41, 5.74) is 3.48. The fourth-order valence-corrected chi connectivity index (χ4v) is 2.96. The number of nitrogens with zero attached hydrogens (tertiary/aromatic N) is 3. The van der Waals surface area contributed by atoms with Crippen molar-refractivity contribution in [3.63, 3.8) is 0 Å². The van der Waals surface area contributed by atoms with Crippen LogP contribution < -0.4 is 0 Å². The average molecular weight is 335 g/mol. The van der Waals surface area contributed by atoms with Gasteiger partial charge in [0.1, 0.15) is 17.2 Å². The molecule has 0 fully saturated rings. The van der Waals surface area contributed by atoms with Gasteiger partial charge in [-0.3, -0.25) is 4.79 Å². The van der Waals surface area contributed by atoms with Crippen LogP contribution in [0.4, 0.5) is 0 Å². The summed E-state index contributed by atoms with van der Waals surface area (Å²) in [5, 5.41) is 9.10. The van der Waals surface area contributed by atoms with Crippen LogP contribution in [0, 0.1) is 0 Å². The van der Waals surface area contributed by atoms with Gasteiger partial charge in [0.2, 0.25) is 5.16 Å². The summed E-state index contributed by atoms with van der Waals surface area (Å²) in [6, 6.07) is 19.8. The molecule has 1 heterocycles. The maximum Gasteiger partial charge on any atom is 0.210 e. The molecule has 0 unspecified atom stereocenters. The monoisotopic (exact) mass is 335 g/mol. The molecule has 3 rings (SSSR count). The Morgan fingerprint density at radius 3 is 2.04 bits per heavy atom. The van der Waals surface area contributed by atoms with Crippen LogP contribution in [-0.4, -0.2) is 26.7 Å². The topological polar surface area (TPSA) is 55.7 Å². The first-order valence-corrected chi connectivity index (χ1v) is 8.76. The Morgan fingerprint density at radius 1 is 0.875 bits per heavy atom. The molecule has 0 N–H and O–H groups in total. The van der Waals surface area contributed by atoms with E-state index >= 15 is 0 Å². The Hall–Kier alpha value is -2.53. The van der Waals surface area contributed by atoms with Crippen LogP contribution in [0.25, 0.3) is 22.5 Å². The van der Waals surface area contributed by atoms with Crippen LogP contribution in [-0.2, 0) is 4.79 Å². The van der Waals surface area contributed by atoms with Crippen LogP contribution >= 0.6 is 11.8 Å². The van der Waals surface area contributed by atoms with Gasteiger partial charge in [0.25, 0.3) is 0 Å². The lowest BCUT2D eigenvalue weighted by molar-refractivity contribution is -0.116. The highest BCUT2D eigenvalue weighted by Crippen LogP contribution is 2.29. The van der Waals surface area contributed by atoms with Gasteiger partial charge in [-0.05, 0) is 0 Å². The maximum absolute atomic E-state index is 11.5. The van der Waals surface area contributed by atoms with E-state index in [2.05, 4.69) is 15.2 Å². The van der Waals surface area contributed by atoms with Crippen molar-refractivity contribution in [1.29, 1.82) is 0 Å². The third kappa shape index (κ3) is 3.86. The summed E-state index contributed by atoms with van der Waals surface area (Å²) in [4.78, 5) is 16.2. The smallest absolute Gasteiger partial charge is 0.210 e. The van der Waals surface area contributed by atoms with E-state index in [0.29, 0.717) is 17.3 Å². The number of carbonyl (C=O) groups is 1. The normalized spacial score (nSPS) is 10.5. The number of aromatic nitrogens is 3. The summed E-state index contributed by atoms with van der Waals surface area (Å²) in [5.74, 6) is 0.550. The number of rotatable bonds is 6. The quantitative estimate of drug-likeness (QED) is 0.629. The number of thioether (sulfide) groups is 1. The molecule has 120 valence electrons. The first kappa shape index (κ1) is 16.3. The minimum atomic E-state index is 0.178. The molecule has 1 aromatic heterocycles. The first-order valence-electron chi connectivity index (χ1n) is 7.78. The standard InChI is InChI=1S/C19H17N3OS/c1-2-16(23)13-24-19-20-17(14-9-5-3-6-10-14)18(21-22-19)15-11-7-4-8-12-15/h3-12H,2,13H2,1H3. The molecule has 2 aromatic carbocycles. The van der Waals surface area contributed by atoms with Gasteiger partial charge in [0.05, 0.1) is 5.75 Å². The highest BCUT2D eigenvalue weighted by molar-refractivity contribution is 7.99. The van der Waals surface area contributed by atoms with Crippen LogP contribution in [0.5, 0.6) is 0 Å². The SMILES string of the molecule is CCC(=O)CSc1nnc(-c2ccccc2)c(-c2ccccc2)n1. The molecule has 0 aliphatic rings. The largest absolute Gasteiger partial charge is 0.299 e. The van der Waals surface area contributed by atoms with Crippen molar-refractivity contribution in [1.82, 2.24) is 15.2 Å². The third-order valence-electron chi connectivity index (χ3n) is 3.52. The van der Waals surface area contributed by atoms with Crippen molar-refractivity contribution in [3.8, 4) is 22.5 Å². The molecular formula is C19H17N3OS. The van der Waals surface area contributed by atoms with Crippen LogP contribution in [0.1, 0.15) is 13.3 Å². The van der Waals surface area contributed by atoms with Gasteiger partial charge in [0, 0.05) is 17.5 Å². The van der Waals surface area contributed by atoms with E-state index in [1.165, 1.54) is 11.8 Å². The Labute approximate surface area is 145 Å². The van der Waals surface area contributed by atoms with Gasteiger partial charge in [-0.25, -0.2) is 4.98 Å². The van der Waals surface area contributed by atoms with Crippen LogP contribution in [0.2, 0.25) is 0 Å². The van der Waals surface area contributed by atoms with E-state index in [1.54, 1.807) is 0 Å². The zero-order valence-corrected chi connectivity index (χ0v) is 14.2. The van der Waals surface area contributed by atoms with Crippen LogP contribution in [0.15, 0.2) is 65.8 Å². The number of carbonyl (C=O) groups excluding carboxylic acids is 1. The lowest BCUT2D eigenvalue weighted by Gasteiger charge is -2.09. The fraction of sp³-hybridized carbons (Fsp3) is 0.158. The molecule has 0 aliphatic carbocycles. The van der Waals surface area contributed by atoms with E-state index in [4.69, 9.17) is 0 Å². The molecule has 0 aliphatic heterocycles. The third-order valence-corrected chi connectivity index (χ3v) is 4.42. The summed E-state index contributed by atoms with van der Waals surface area (Å²) >= 11 is 1.33. The molecule has 0 saturated heterocycles. The first-order chi connectivity index (χ1) is 11.8. The highest BCUT2D eigenvalue weighted by atomic mass is 32.2. The van der Waals surface area contributed by atoms with E-state index in [1.807, 2.05) is 67.6 Å². The van der Waals surface area contributed by atoms with Crippen molar-refractivity contribution < 1.29 is 4.79 Å². The predicted octanol–water partition coefficient (Wildman–Crippen LogP) is 4.28. The van der Waals surface area contributed by atoms with Gasteiger partial charge < -0.3 is 0 Å². The van der Waals surface area contributed by atoms with Crippen LogP contribution in [0.3, 0.4) is 0 Å². The fourth-order valence-electron chi connectivity index (χ4n) is 2.21. The van der Waals surface area contributed by atoms with E-state index < -0.39 is 0 Å². The highest BCUT2D eigenvalue weighted by Gasteiger charge is 2.14. The van der Waals surface area contributed by atoms with Crippen molar-refractivity contribution in [2.24, 2.45) is 0 Å². The minimum absolute atomic E-state index is 0.178. The zero-order chi connectivity index (χ0) is 16.8. The van der Waals surface area contributed by atoms with Gasteiger partial charge in [-0.1, -0.05) is 79.3 Å². The molecule has 0 amide bonds. The van der Waals surface area contributed by atoms with Crippen molar-refractivity contribution in [2.45, 2.75) is 18.5 Å². The second-order valence-corrected chi connectivity index (χ2v) is 6.15. The summed E-state index contributed by atoms with van der Waals surface area (Å²) in [6.45, 7) is 1.86. The van der Waals surface area contributed by atoms with Gasteiger partial charge in [-0.2, -0.15) is 0 Å². The van der Waals surface area contributed by atoms with Crippen molar-refractivity contribution in [3.05, 3.63) is 60.7 Å². The Balaban J connectivity index is 2.02. The summed E-state index contributed by atoms with van der Waals surface area (Å²) in [7, 11) is 0. The molecule has 0 radical (unpaired) electrons. The predicted molar refractivity (Wildman–Crippen MR) is 96.7 cm³/mol. The molecular weight excluding hydrogens is 318 g/mol. The number of Topliss-reactive ketones (excluding diaryl/α,β-unsaturated/α-hetero) is 1. The van der Waals surface area contributed by atoms with Crippen molar-refractivity contribution >= 4 is 17.5 Å². The second kappa shape index (κ2) is 7.84. The molecule has 24 heavy (non-hydrogen) atoms. The number of hydrogen-bond acceptors (Lipinski definition) is 5. The molecule has 0 bridgehead atoms. The van der Waals surface area contributed by atoms with Gasteiger partial charge in [0.15, 0.2) is 0 Å². The summed E-state index contributed by atoms with van der Waals surface area (Å²) in [6.07, 6.45) is 0.522. The van der Waals surface area contributed by atoms with E-state index in [-0.39, 0.29) is 5.78 Å². The number of ketones is 1. The Bertz CT molecular complexity index is 823. The second-order valence-electron chi connectivity index (χ2n) is 5.20. The molecule has 0 spiro atoms. The molecule has 0 saturated carbocycles. The van der Waals surface area contributed by atoms with Gasteiger partial charge >= 0.3 is 0 Å². The maximum atomic E-state index is 11.5. The minimum Gasteiger partial charge on any atom is -0.299 e.